The van der Waals surface area contributed by atoms with Gasteiger partial charge < -0.3 is 9.47 Å². The monoisotopic (exact) mass is 411 g/mol. The molecule has 1 saturated heterocycles. The van der Waals surface area contributed by atoms with E-state index in [-0.39, 0.29) is 18.0 Å². The molecule has 1 fully saturated rings. The van der Waals surface area contributed by atoms with E-state index in [1.54, 1.807) is 12.1 Å². The van der Waals surface area contributed by atoms with Crippen molar-refractivity contribution >= 4 is 10.0 Å². The molecular weight excluding hydrogens is 388 g/mol. The van der Waals surface area contributed by atoms with Gasteiger partial charge in [-0.2, -0.15) is 4.31 Å². The SMILES string of the molecule is Cc1ccc(S(=O)(=O)N2C[C@@H](COCc3ccccc3)OCC(F)(F)C2)cc1. The van der Waals surface area contributed by atoms with E-state index in [0.717, 1.165) is 15.4 Å². The van der Waals surface area contributed by atoms with Gasteiger partial charge in [-0.25, -0.2) is 17.2 Å². The minimum Gasteiger partial charge on any atom is -0.374 e. The van der Waals surface area contributed by atoms with Crippen molar-refractivity contribution < 1.29 is 26.7 Å². The summed E-state index contributed by atoms with van der Waals surface area (Å²) in [5, 5.41) is 0. The van der Waals surface area contributed by atoms with Gasteiger partial charge in [0.05, 0.1) is 30.8 Å². The Morgan fingerprint density at radius 1 is 1.14 bits per heavy atom. The van der Waals surface area contributed by atoms with Gasteiger partial charge in [-0.15, -0.1) is 0 Å². The average molecular weight is 411 g/mol. The zero-order valence-electron chi connectivity index (χ0n) is 15.6. The standard InChI is InChI=1S/C20H23F2NO4S/c1-16-7-9-19(10-8-16)28(24,25)23-11-18(27-15-20(21,22)14-23)13-26-12-17-5-3-2-4-6-17/h2-10,18H,11-15H2,1H3/t18-/m0/s1. The summed E-state index contributed by atoms with van der Waals surface area (Å²) in [4.78, 5) is -0.0141. The molecule has 1 aliphatic heterocycles. The van der Waals surface area contributed by atoms with Crippen LogP contribution in [-0.4, -0.2) is 51.1 Å². The van der Waals surface area contributed by atoms with Gasteiger partial charge in [0.15, 0.2) is 0 Å². The lowest BCUT2D eigenvalue weighted by Gasteiger charge is -2.24. The van der Waals surface area contributed by atoms with E-state index < -0.39 is 35.2 Å². The molecule has 0 spiro atoms. The van der Waals surface area contributed by atoms with Gasteiger partial charge in [-0.1, -0.05) is 48.0 Å². The van der Waals surface area contributed by atoms with E-state index in [1.165, 1.54) is 12.1 Å². The number of halogens is 2. The van der Waals surface area contributed by atoms with Gasteiger partial charge in [0.2, 0.25) is 10.0 Å². The van der Waals surface area contributed by atoms with Gasteiger partial charge in [0, 0.05) is 6.54 Å². The van der Waals surface area contributed by atoms with Crippen molar-refractivity contribution in [3.8, 4) is 0 Å². The molecular formula is C20H23F2NO4S. The van der Waals surface area contributed by atoms with Crippen molar-refractivity contribution in [1.29, 1.82) is 0 Å². The van der Waals surface area contributed by atoms with Crippen LogP contribution in [0.15, 0.2) is 59.5 Å². The molecule has 0 bridgehead atoms. The van der Waals surface area contributed by atoms with Gasteiger partial charge in [-0.05, 0) is 24.6 Å². The second-order valence-electron chi connectivity index (χ2n) is 6.90. The van der Waals surface area contributed by atoms with E-state index in [4.69, 9.17) is 9.47 Å². The van der Waals surface area contributed by atoms with Gasteiger partial charge in [0.1, 0.15) is 6.61 Å². The van der Waals surface area contributed by atoms with Crippen LogP contribution in [0.2, 0.25) is 0 Å². The highest BCUT2D eigenvalue weighted by Gasteiger charge is 2.42. The summed E-state index contributed by atoms with van der Waals surface area (Å²) in [6.45, 7) is 0.183. The number of hydrogen-bond acceptors (Lipinski definition) is 4. The van der Waals surface area contributed by atoms with Crippen LogP contribution in [0, 0.1) is 6.92 Å². The maximum atomic E-state index is 14.1. The summed E-state index contributed by atoms with van der Waals surface area (Å²) in [6, 6.07) is 15.5. The van der Waals surface area contributed by atoms with Gasteiger partial charge >= 0.3 is 0 Å². The van der Waals surface area contributed by atoms with Crippen molar-refractivity contribution in [2.45, 2.75) is 30.5 Å². The Kier molecular flexibility index (Phi) is 6.44. The Morgan fingerprint density at radius 2 is 1.82 bits per heavy atom. The number of alkyl halides is 2. The van der Waals surface area contributed by atoms with Crippen LogP contribution < -0.4 is 0 Å². The molecule has 0 radical (unpaired) electrons. The van der Waals surface area contributed by atoms with Crippen LogP contribution in [-0.2, 0) is 26.1 Å². The van der Waals surface area contributed by atoms with E-state index in [0.29, 0.717) is 6.61 Å². The Hall–Kier alpha value is -1.87. The quantitative estimate of drug-likeness (QED) is 0.732. The van der Waals surface area contributed by atoms with E-state index in [2.05, 4.69) is 0 Å². The molecule has 1 heterocycles. The molecule has 2 aromatic rings. The lowest BCUT2D eigenvalue weighted by Crippen LogP contribution is -2.42. The molecule has 3 rings (SSSR count). The van der Waals surface area contributed by atoms with Crippen molar-refractivity contribution in [2.24, 2.45) is 0 Å². The van der Waals surface area contributed by atoms with Crippen molar-refractivity contribution in [1.82, 2.24) is 4.31 Å². The van der Waals surface area contributed by atoms with Crippen LogP contribution >= 0.6 is 0 Å². The topological polar surface area (TPSA) is 55.8 Å². The number of hydrogen-bond donors (Lipinski definition) is 0. The Labute approximate surface area is 163 Å². The molecule has 0 amide bonds. The molecule has 28 heavy (non-hydrogen) atoms. The number of sulfonamides is 1. The van der Waals surface area contributed by atoms with Crippen LogP contribution in [0.3, 0.4) is 0 Å². The zero-order valence-corrected chi connectivity index (χ0v) is 16.4. The first-order valence-electron chi connectivity index (χ1n) is 8.94. The molecule has 8 heteroatoms. The average Bonchev–Trinajstić information content (AvgIpc) is 2.82. The number of rotatable bonds is 6. The van der Waals surface area contributed by atoms with Crippen LogP contribution in [0.25, 0.3) is 0 Å². The smallest absolute Gasteiger partial charge is 0.284 e. The maximum absolute atomic E-state index is 14.1. The van der Waals surface area contributed by atoms with E-state index in [1.807, 2.05) is 37.3 Å². The van der Waals surface area contributed by atoms with Crippen LogP contribution in [0.4, 0.5) is 8.78 Å². The third-order valence-corrected chi connectivity index (χ3v) is 6.25. The van der Waals surface area contributed by atoms with Crippen molar-refractivity contribution in [3.05, 3.63) is 65.7 Å². The summed E-state index contributed by atoms with van der Waals surface area (Å²) < 4.78 is 65.6. The first-order chi connectivity index (χ1) is 13.3. The molecule has 1 atom stereocenters. The minimum absolute atomic E-state index is 0.0141. The fraction of sp³-hybridized carbons (Fsp3) is 0.400. The molecule has 0 aliphatic carbocycles. The molecule has 0 N–H and O–H groups in total. The summed E-state index contributed by atoms with van der Waals surface area (Å²) in [5.74, 6) is -3.27. The third-order valence-electron chi connectivity index (χ3n) is 4.42. The Morgan fingerprint density at radius 3 is 2.50 bits per heavy atom. The summed E-state index contributed by atoms with van der Waals surface area (Å²) in [6.07, 6.45) is -0.780. The second kappa shape index (κ2) is 8.65. The molecule has 5 nitrogen and oxygen atoms in total. The van der Waals surface area contributed by atoms with Crippen molar-refractivity contribution in [2.75, 3.05) is 26.3 Å². The number of ether oxygens (including phenoxy) is 2. The minimum atomic E-state index is -4.07. The number of benzene rings is 2. The Balaban J connectivity index is 1.71. The third kappa shape index (κ3) is 5.35. The first kappa shape index (κ1) is 20.9. The molecule has 2 aromatic carbocycles. The van der Waals surface area contributed by atoms with Crippen molar-refractivity contribution in [3.63, 3.8) is 0 Å². The summed E-state index contributed by atoms with van der Waals surface area (Å²) >= 11 is 0. The predicted octanol–water partition coefficient (Wildman–Crippen LogP) is 3.24. The largest absolute Gasteiger partial charge is 0.374 e. The highest BCUT2D eigenvalue weighted by molar-refractivity contribution is 7.89. The summed E-state index contributed by atoms with van der Waals surface area (Å²) in [7, 11) is -4.07. The van der Waals surface area contributed by atoms with Gasteiger partial charge in [-0.3, -0.25) is 0 Å². The lowest BCUT2D eigenvalue weighted by atomic mass is 10.2. The normalized spacial score (nSPS) is 20.6. The second-order valence-corrected chi connectivity index (χ2v) is 8.84. The fourth-order valence-corrected chi connectivity index (χ4v) is 4.41. The van der Waals surface area contributed by atoms with Crippen LogP contribution in [0.5, 0.6) is 0 Å². The molecule has 0 unspecified atom stereocenters. The predicted molar refractivity (Wildman–Crippen MR) is 101 cm³/mol. The Bertz CT molecular complexity index is 873. The van der Waals surface area contributed by atoms with Gasteiger partial charge in [0.25, 0.3) is 5.92 Å². The summed E-state index contributed by atoms with van der Waals surface area (Å²) in [5.41, 5.74) is 1.82. The lowest BCUT2D eigenvalue weighted by molar-refractivity contribution is -0.0938. The molecule has 1 aliphatic rings. The fourth-order valence-electron chi connectivity index (χ4n) is 2.91. The van der Waals surface area contributed by atoms with E-state index in [9.17, 15) is 17.2 Å². The molecule has 0 saturated carbocycles. The zero-order chi connectivity index (χ0) is 20.2. The number of aryl methyl sites for hydroxylation is 1. The van der Waals surface area contributed by atoms with E-state index >= 15 is 0 Å². The number of nitrogens with zero attached hydrogens (tertiary/aromatic N) is 1. The first-order valence-corrected chi connectivity index (χ1v) is 10.4. The highest BCUT2D eigenvalue weighted by atomic mass is 32.2. The molecule has 0 aromatic heterocycles. The maximum Gasteiger partial charge on any atom is 0.284 e. The van der Waals surface area contributed by atoms with Crippen LogP contribution in [0.1, 0.15) is 11.1 Å². The molecule has 152 valence electrons. The highest BCUT2D eigenvalue weighted by Crippen LogP contribution is 2.26.